The van der Waals surface area contributed by atoms with Gasteiger partial charge in [-0.1, -0.05) is 31.2 Å². The zero-order valence-electron chi connectivity index (χ0n) is 19.1. The second-order valence-electron chi connectivity index (χ2n) is 8.99. The Balaban J connectivity index is 1.95. The van der Waals surface area contributed by atoms with Crippen molar-refractivity contribution in [2.75, 3.05) is 10.6 Å². The molecule has 31 heavy (non-hydrogen) atoms. The van der Waals surface area contributed by atoms with E-state index in [4.69, 9.17) is 4.74 Å². The van der Waals surface area contributed by atoms with E-state index in [0.717, 1.165) is 28.7 Å². The smallest absolute Gasteiger partial charge is 0.244 e. The third-order valence-corrected chi connectivity index (χ3v) is 6.71. The number of nitrogens with one attached hydrogen (secondary N) is 1. The number of sulfonamides is 1. The summed E-state index contributed by atoms with van der Waals surface area (Å²) in [5.74, 6) is 0.442. The Kier molecular flexibility index (Phi) is 6.37. The van der Waals surface area contributed by atoms with Gasteiger partial charge in [0.05, 0.1) is 18.0 Å². The van der Waals surface area contributed by atoms with Gasteiger partial charge < -0.3 is 10.1 Å². The molecule has 0 aromatic heterocycles. The lowest BCUT2D eigenvalue weighted by Gasteiger charge is -2.39. The molecule has 0 fully saturated rings. The number of anilines is 1. The summed E-state index contributed by atoms with van der Waals surface area (Å²) < 4.78 is 32.8. The van der Waals surface area contributed by atoms with E-state index in [2.05, 4.69) is 5.32 Å². The Morgan fingerprint density at radius 1 is 1.19 bits per heavy atom. The van der Waals surface area contributed by atoms with Crippen LogP contribution in [0.15, 0.2) is 42.5 Å². The molecule has 1 aliphatic rings. The number of rotatable bonds is 6. The van der Waals surface area contributed by atoms with E-state index in [9.17, 15) is 13.2 Å². The summed E-state index contributed by atoms with van der Waals surface area (Å²) >= 11 is 0. The van der Waals surface area contributed by atoms with Gasteiger partial charge in [0.15, 0.2) is 0 Å². The lowest BCUT2D eigenvalue weighted by Crippen LogP contribution is -2.51. The van der Waals surface area contributed by atoms with Gasteiger partial charge >= 0.3 is 0 Å². The quantitative estimate of drug-likeness (QED) is 0.722. The summed E-state index contributed by atoms with van der Waals surface area (Å²) in [6.45, 7) is 9.70. The highest BCUT2D eigenvalue weighted by molar-refractivity contribution is 7.92. The first kappa shape index (κ1) is 23.1. The fourth-order valence-electron chi connectivity index (χ4n) is 4.18. The zero-order chi connectivity index (χ0) is 23.0. The molecule has 3 rings (SSSR count). The SMILES string of the molecule is CC[C@@H](C(=O)N[C@@H]1CC(C)(C)Oc2cc(C)ccc21)N(c1cccc(C)c1)S(C)(=O)=O. The largest absolute Gasteiger partial charge is 0.487 e. The van der Waals surface area contributed by atoms with Crippen LogP contribution in [0.2, 0.25) is 0 Å². The summed E-state index contributed by atoms with van der Waals surface area (Å²) in [6, 6.07) is 12.0. The molecule has 0 saturated heterocycles. The number of amides is 1. The first-order valence-corrected chi connectivity index (χ1v) is 12.4. The number of aryl methyl sites for hydroxylation is 2. The maximum atomic E-state index is 13.4. The van der Waals surface area contributed by atoms with Crippen molar-refractivity contribution in [1.82, 2.24) is 5.32 Å². The van der Waals surface area contributed by atoms with Gasteiger partial charge in [0.25, 0.3) is 0 Å². The van der Waals surface area contributed by atoms with Gasteiger partial charge in [0.1, 0.15) is 17.4 Å². The molecule has 0 spiro atoms. The molecule has 2 aromatic rings. The van der Waals surface area contributed by atoms with Crippen LogP contribution < -0.4 is 14.4 Å². The van der Waals surface area contributed by atoms with Crippen LogP contribution in [0.1, 0.15) is 56.3 Å². The molecule has 2 atom stereocenters. The Morgan fingerprint density at radius 2 is 1.87 bits per heavy atom. The summed E-state index contributed by atoms with van der Waals surface area (Å²) in [5.41, 5.74) is 2.96. The van der Waals surface area contributed by atoms with Crippen molar-refractivity contribution in [3.05, 3.63) is 59.2 Å². The first-order chi connectivity index (χ1) is 14.4. The van der Waals surface area contributed by atoms with Gasteiger partial charge in [0, 0.05) is 12.0 Å². The Bertz CT molecular complexity index is 1080. The number of carbonyl (C=O) groups is 1. The van der Waals surface area contributed by atoms with E-state index >= 15 is 0 Å². The van der Waals surface area contributed by atoms with Crippen molar-refractivity contribution in [2.24, 2.45) is 0 Å². The van der Waals surface area contributed by atoms with Gasteiger partial charge in [-0.3, -0.25) is 9.10 Å². The average Bonchev–Trinajstić information content (AvgIpc) is 2.63. The van der Waals surface area contributed by atoms with E-state index in [1.54, 1.807) is 18.2 Å². The fourth-order valence-corrected chi connectivity index (χ4v) is 5.38. The molecule has 168 valence electrons. The third kappa shape index (κ3) is 5.21. The van der Waals surface area contributed by atoms with Crippen LogP contribution in [0.5, 0.6) is 5.75 Å². The summed E-state index contributed by atoms with van der Waals surface area (Å²) in [7, 11) is -3.67. The van der Waals surface area contributed by atoms with Gasteiger partial charge in [-0.05, 0) is 63.4 Å². The summed E-state index contributed by atoms with van der Waals surface area (Å²) in [5, 5.41) is 3.11. The standard InChI is InChI=1S/C24H32N2O4S/c1-7-21(26(31(6,28)29)18-10-8-9-16(2)13-18)23(27)25-20-15-24(4,5)30-22-14-17(3)11-12-19(20)22/h8-14,20-21H,7,15H2,1-6H3,(H,25,27)/t20-,21+/m1/s1. The van der Waals surface area contributed by atoms with Crippen molar-refractivity contribution < 1.29 is 17.9 Å². The molecule has 0 radical (unpaired) electrons. The minimum atomic E-state index is -3.67. The third-order valence-electron chi connectivity index (χ3n) is 5.53. The van der Waals surface area contributed by atoms with E-state index in [1.807, 2.05) is 58.9 Å². The minimum Gasteiger partial charge on any atom is -0.487 e. The van der Waals surface area contributed by atoms with Crippen molar-refractivity contribution in [3.63, 3.8) is 0 Å². The molecular weight excluding hydrogens is 412 g/mol. The van der Waals surface area contributed by atoms with E-state index in [1.165, 1.54) is 4.31 Å². The maximum absolute atomic E-state index is 13.4. The van der Waals surface area contributed by atoms with E-state index in [0.29, 0.717) is 18.5 Å². The Hall–Kier alpha value is -2.54. The average molecular weight is 445 g/mol. The van der Waals surface area contributed by atoms with Gasteiger partial charge in [-0.2, -0.15) is 0 Å². The molecule has 0 bridgehead atoms. The molecule has 0 saturated carbocycles. The van der Waals surface area contributed by atoms with E-state index < -0.39 is 21.7 Å². The number of nitrogens with zero attached hydrogens (tertiary/aromatic N) is 1. The van der Waals surface area contributed by atoms with Crippen LogP contribution in [0.25, 0.3) is 0 Å². The Labute approximate surface area is 185 Å². The number of hydrogen-bond acceptors (Lipinski definition) is 4. The molecule has 1 heterocycles. The lowest BCUT2D eigenvalue weighted by atomic mass is 9.89. The molecule has 0 unspecified atom stereocenters. The Morgan fingerprint density at radius 3 is 2.48 bits per heavy atom. The van der Waals surface area contributed by atoms with Crippen LogP contribution >= 0.6 is 0 Å². The molecule has 7 heteroatoms. The number of hydrogen-bond donors (Lipinski definition) is 1. The summed E-state index contributed by atoms with van der Waals surface area (Å²) in [4.78, 5) is 13.4. The first-order valence-electron chi connectivity index (χ1n) is 10.6. The zero-order valence-corrected chi connectivity index (χ0v) is 19.9. The molecule has 6 nitrogen and oxygen atoms in total. The monoisotopic (exact) mass is 444 g/mol. The van der Waals surface area contributed by atoms with Gasteiger partial charge in [0.2, 0.25) is 15.9 Å². The highest BCUT2D eigenvalue weighted by Gasteiger charge is 2.37. The van der Waals surface area contributed by atoms with Crippen molar-refractivity contribution in [1.29, 1.82) is 0 Å². The molecule has 1 N–H and O–H groups in total. The minimum absolute atomic E-state index is 0.264. The summed E-state index contributed by atoms with van der Waals surface area (Å²) in [6.07, 6.45) is 2.08. The van der Waals surface area contributed by atoms with Crippen molar-refractivity contribution in [2.45, 2.75) is 65.1 Å². The van der Waals surface area contributed by atoms with Crippen LogP contribution in [0, 0.1) is 13.8 Å². The number of carbonyl (C=O) groups excluding carboxylic acids is 1. The second kappa shape index (κ2) is 8.54. The molecule has 1 amide bonds. The predicted molar refractivity (Wildman–Crippen MR) is 124 cm³/mol. The van der Waals surface area contributed by atoms with Crippen molar-refractivity contribution >= 4 is 21.6 Å². The molecule has 0 aliphatic carbocycles. The van der Waals surface area contributed by atoms with Crippen LogP contribution in [-0.2, 0) is 14.8 Å². The van der Waals surface area contributed by atoms with Gasteiger partial charge in [-0.25, -0.2) is 8.42 Å². The number of ether oxygens (including phenoxy) is 1. The maximum Gasteiger partial charge on any atom is 0.244 e. The number of fused-ring (bicyclic) bond motifs is 1. The highest BCUT2D eigenvalue weighted by atomic mass is 32.2. The highest BCUT2D eigenvalue weighted by Crippen LogP contribution is 2.40. The van der Waals surface area contributed by atoms with Crippen LogP contribution in [-0.4, -0.2) is 32.2 Å². The second-order valence-corrected chi connectivity index (χ2v) is 10.8. The van der Waals surface area contributed by atoms with Crippen LogP contribution in [0.4, 0.5) is 5.69 Å². The van der Waals surface area contributed by atoms with Crippen molar-refractivity contribution in [3.8, 4) is 5.75 Å². The normalized spacial score (nSPS) is 18.5. The van der Waals surface area contributed by atoms with Crippen LogP contribution in [0.3, 0.4) is 0 Å². The van der Waals surface area contributed by atoms with E-state index in [-0.39, 0.29) is 11.9 Å². The number of benzene rings is 2. The van der Waals surface area contributed by atoms with Gasteiger partial charge in [-0.15, -0.1) is 0 Å². The predicted octanol–water partition coefficient (Wildman–Crippen LogP) is 4.27. The molecule has 2 aromatic carbocycles. The topological polar surface area (TPSA) is 75.7 Å². The molecule has 1 aliphatic heterocycles. The fraction of sp³-hybridized carbons (Fsp3) is 0.458. The molecular formula is C24H32N2O4S. The lowest BCUT2D eigenvalue weighted by molar-refractivity contribution is -0.123.